The van der Waals surface area contributed by atoms with Crippen molar-refractivity contribution in [3.63, 3.8) is 0 Å². The van der Waals surface area contributed by atoms with Crippen molar-refractivity contribution in [1.82, 2.24) is 0 Å². The van der Waals surface area contributed by atoms with Crippen LogP contribution in [0.4, 0.5) is 0 Å². The number of aliphatic hydroxyl groups is 1. The van der Waals surface area contributed by atoms with E-state index in [-0.39, 0.29) is 12.0 Å². The first-order valence-corrected chi connectivity index (χ1v) is 6.49. The molecule has 0 amide bonds. The van der Waals surface area contributed by atoms with Gasteiger partial charge in [0.15, 0.2) is 0 Å². The zero-order valence-corrected chi connectivity index (χ0v) is 11.9. The van der Waals surface area contributed by atoms with Crippen LogP contribution in [0.25, 0.3) is 0 Å². The molecule has 3 N–H and O–H groups in total. The minimum Gasteiger partial charge on any atom is -0.494 e. The van der Waals surface area contributed by atoms with E-state index in [1.54, 1.807) is 0 Å². The molecule has 0 aromatic heterocycles. The highest BCUT2D eigenvalue weighted by molar-refractivity contribution is 5.41. The highest BCUT2D eigenvalue weighted by atomic mass is 16.5. The summed E-state index contributed by atoms with van der Waals surface area (Å²) < 4.78 is 5.69. The van der Waals surface area contributed by atoms with Crippen LogP contribution in [-0.2, 0) is 5.41 Å². The van der Waals surface area contributed by atoms with Crippen LogP contribution in [0, 0.1) is 0 Å². The van der Waals surface area contributed by atoms with E-state index in [1.807, 2.05) is 45.0 Å². The van der Waals surface area contributed by atoms with E-state index in [0.717, 1.165) is 11.3 Å². The van der Waals surface area contributed by atoms with Gasteiger partial charge in [-0.1, -0.05) is 25.1 Å². The third-order valence-corrected chi connectivity index (χ3v) is 3.82. The van der Waals surface area contributed by atoms with Crippen molar-refractivity contribution in [2.75, 3.05) is 13.2 Å². The first kappa shape index (κ1) is 15.0. The van der Waals surface area contributed by atoms with Gasteiger partial charge in [-0.3, -0.25) is 0 Å². The molecule has 0 aliphatic rings. The van der Waals surface area contributed by atoms with Crippen LogP contribution in [0.1, 0.15) is 39.7 Å². The normalized spacial score (nSPS) is 15.2. The Kier molecular flexibility index (Phi) is 4.77. The molecule has 18 heavy (non-hydrogen) atoms. The molecule has 3 heteroatoms. The maximum absolute atomic E-state index is 9.35. The van der Waals surface area contributed by atoms with Crippen molar-refractivity contribution < 1.29 is 9.84 Å². The van der Waals surface area contributed by atoms with Gasteiger partial charge in [-0.05, 0) is 33.3 Å². The largest absolute Gasteiger partial charge is 0.494 e. The molecule has 1 unspecified atom stereocenters. The minimum atomic E-state index is -0.442. The molecule has 1 aromatic carbocycles. The van der Waals surface area contributed by atoms with Crippen molar-refractivity contribution in [2.24, 2.45) is 5.73 Å². The van der Waals surface area contributed by atoms with Crippen molar-refractivity contribution in [3.8, 4) is 5.75 Å². The van der Waals surface area contributed by atoms with Crippen LogP contribution in [0.2, 0.25) is 0 Å². The lowest BCUT2D eigenvalue weighted by Crippen LogP contribution is -2.52. The van der Waals surface area contributed by atoms with Gasteiger partial charge in [-0.2, -0.15) is 0 Å². The molecule has 0 saturated carbocycles. The van der Waals surface area contributed by atoms with Crippen LogP contribution >= 0.6 is 0 Å². The summed E-state index contributed by atoms with van der Waals surface area (Å²) in [5.74, 6) is 0.856. The molecule has 1 atom stereocenters. The summed E-state index contributed by atoms with van der Waals surface area (Å²) in [5, 5.41) is 9.35. The monoisotopic (exact) mass is 251 g/mol. The molecule has 0 aliphatic heterocycles. The molecule has 0 radical (unpaired) electrons. The van der Waals surface area contributed by atoms with Gasteiger partial charge >= 0.3 is 0 Å². The van der Waals surface area contributed by atoms with E-state index in [9.17, 15) is 5.11 Å². The Morgan fingerprint density at radius 2 is 1.83 bits per heavy atom. The van der Waals surface area contributed by atoms with Crippen LogP contribution in [-0.4, -0.2) is 23.9 Å². The van der Waals surface area contributed by atoms with E-state index < -0.39 is 5.54 Å². The number of rotatable bonds is 6. The maximum atomic E-state index is 9.35. The first-order chi connectivity index (χ1) is 8.36. The maximum Gasteiger partial charge on any atom is 0.123 e. The van der Waals surface area contributed by atoms with Crippen LogP contribution in [0.3, 0.4) is 0 Å². The second-order valence-electron chi connectivity index (χ2n) is 5.46. The van der Waals surface area contributed by atoms with Crippen molar-refractivity contribution in [1.29, 1.82) is 0 Å². The topological polar surface area (TPSA) is 55.5 Å². The number of hydrogen-bond donors (Lipinski definition) is 2. The highest BCUT2D eigenvalue weighted by Gasteiger charge is 2.40. The average Bonchev–Trinajstić information content (AvgIpc) is 2.29. The number of hydrogen-bond acceptors (Lipinski definition) is 3. The van der Waals surface area contributed by atoms with Crippen molar-refractivity contribution >= 4 is 0 Å². The van der Waals surface area contributed by atoms with Crippen LogP contribution < -0.4 is 10.5 Å². The summed E-state index contributed by atoms with van der Waals surface area (Å²) in [6.07, 6.45) is 0.612. The van der Waals surface area contributed by atoms with E-state index in [0.29, 0.717) is 13.0 Å². The Bertz CT molecular complexity index is 384. The Morgan fingerprint density at radius 1 is 1.22 bits per heavy atom. The quantitative estimate of drug-likeness (QED) is 0.816. The predicted molar refractivity (Wildman–Crippen MR) is 74.9 cm³/mol. The molecular weight excluding hydrogens is 226 g/mol. The lowest BCUT2D eigenvalue weighted by Gasteiger charge is -2.42. The molecule has 0 saturated heterocycles. The number of benzene rings is 1. The molecule has 0 spiro atoms. The van der Waals surface area contributed by atoms with Crippen molar-refractivity contribution in [3.05, 3.63) is 29.8 Å². The second kappa shape index (κ2) is 5.72. The average molecular weight is 251 g/mol. The zero-order valence-electron chi connectivity index (χ0n) is 11.9. The highest BCUT2D eigenvalue weighted by Crippen LogP contribution is 2.41. The van der Waals surface area contributed by atoms with Gasteiger partial charge in [0.25, 0.3) is 0 Å². The number of nitrogens with two attached hydrogens (primary N) is 1. The van der Waals surface area contributed by atoms with Gasteiger partial charge in [-0.25, -0.2) is 0 Å². The molecule has 102 valence electrons. The van der Waals surface area contributed by atoms with E-state index in [2.05, 4.69) is 6.92 Å². The Hall–Kier alpha value is -1.06. The minimum absolute atomic E-state index is 0.109. The van der Waals surface area contributed by atoms with Gasteiger partial charge in [0.1, 0.15) is 5.75 Å². The molecule has 3 nitrogen and oxygen atoms in total. The van der Waals surface area contributed by atoms with Gasteiger partial charge in [-0.15, -0.1) is 0 Å². The molecule has 1 rings (SSSR count). The molecule has 0 aliphatic carbocycles. The lowest BCUT2D eigenvalue weighted by atomic mass is 9.66. The smallest absolute Gasteiger partial charge is 0.123 e. The number of ether oxygens (including phenoxy) is 1. The lowest BCUT2D eigenvalue weighted by molar-refractivity contribution is 0.185. The Labute approximate surface area is 110 Å². The second-order valence-corrected chi connectivity index (χ2v) is 5.46. The molecule has 1 aromatic rings. The Balaban J connectivity index is 3.29. The van der Waals surface area contributed by atoms with Crippen LogP contribution in [0.5, 0.6) is 5.75 Å². The van der Waals surface area contributed by atoms with Gasteiger partial charge in [0, 0.05) is 23.1 Å². The number of aliphatic hydroxyl groups excluding tert-OH is 1. The fourth-order valence-corrected chi connectivity index (χ4v) is 2.23. The standard InChI is InChI=1S/C15H25NO2/c1-5-18-13-9-7-6-8-12(13)15(4,10-11-17)14(2,3)16/h6-9,17H,5,10-11,16H2,1-4H3. The third-order valence-electron chi connectivity index (χ3n) is 3.82. The summed E-state index contributed by atoms with van der Waals surface area (Å²) in [6, 6.07) is 7.94. The van der Waals surface area contributed by atoms with Gasteiger partial charge in [0.05, 0.1) is 6.61 Å². The molecule has 0 heterocycles. The third kappa shape index (κ3) is 2.85. The summed E-state index contributed by atoms with van der Waals surface area (Å²) in [7, 11) is 0. The van der Waals surface area contributed by atoms with Gasteiger partial charge < -0.3 is 15.6 Å². The van der Waals surface area contributed by atoms with E-state index >= 15 is 0 Å². The number of para-hydroxylation sites is 1. The summed E-state index contributed by atoms with van der Waals surface area (Å²) in [6.45, 7) is 8.76. The molecular formula is C15H25NO2. The van der Waals surface area contributed by atoms with E-state index in [1.165, 1.54) is 0 Å². The fourth-order valence-electron chi connectivity index (χ4n) is 2.23. The van der Waals surface area contributed by atoms with Gasteiger partial charge in [0.2, 0.25) is 0 Å². The Morgan fingerprint density at radius 3 is 2.33 bits per heavy atom. The molecule has 0 fully saturated rings. The fraction of sp³-hybridized carbons (Fsp3) is 0.600. The predicted octanol–water partition coefficient (Wildman–Crippen LogP) is 2.46. The zero-order chi connectivity index (χ0) is 13.8. The van der Waals surface area contributed by atoms with Crippen molar-refractivity contribution in [2.45, 2.75) is 45.1 Å². The first-order valence-electron chi connectivity index (χ1n) is 6.49. The summed E-state index contributed by atoms with van der Waals surface area (Å²) in [5.41, 5.74) is 6.63. The molecule has 0 bridgehead atoms. The van der Waals surface area contributed by atoms with Crippen LogP contribution in [0.15, 0.2) is 24.3 Å². The summed E-state index contributed by atoms with van der Waals surface area (Å²) in [4.78, 5) is 0. The summed E-state index contributed by atoms with van der Waals surface area (Å²) >= 11 is 0. The van der Waals surface area contributed by atoms with E-state index in [4.69, 9.17) is 10.5 Å². The SMILES string of the molecule is CCOc1ccccc1C(C)(CCO)C(C)(C)N.